The Morgan fingerprint density at radius 1 is 1.53 bits per heavy atom. The van der Waals surface area contributed by atoms with E-state index in [2.05, 4.69) is 45.0 Å². The Bertz CT molecular complexity index is 379. The summed E-state index contributed by atoms with van der Waals surface area (Å²) >= 11 is 3.36. The van der Waals surface area contributed by atoms with Crippen LogP contribution in [-0.2, 0) is 14.3 Å². The Balaban J connectivity index is 0.000000356. The lowest BCUT2D eigenvalue weighted by atomic mass is 10.2. The Morgan fingerprint density at radius 2 is 2.21 bits per heavy atom. The van der Waals surface area contributed by atoms with Crippen LogP contribution in [0.15, 0.2) is 28.7 Å². The molecule has 1 atom stereocenters. The van der Waals surface area contributed by atoms with Crippen molar-refractivity contribution >= 4 is 28.3 Å². The summed E-state index contributed by atoms with van der Waals surface area (Å²) in [7, 11) is 1.30. The van der Waals surface area contributed by atoms with Gasteiger partial charge in [-0.2, -0.15) is 0 Å². The van der Waals surface area contributed by atoms with E-state index in [-0.39, 0.29) is 5.97 Å². The highest BCUT2D eigenvalue weighted by atomic mass is 79.9. The van der Waals surface area contributed by atoms with Crippen molar-refractivity contribution < 1.29 is 14.3 Å². The molecule has 0 saturated carbocycles. The summed E-state index contributed by atoms with van der Waals surface area (Å²) in [4.78, 5) is 20.8. The molecule has 19 heavy (non-hydrogen) atoms. The van der Waals surface area contributed by atoms with E-state index in [0.29, 0.717) is 12.8 Å². The van der Waals surface area contributed by atoms with Gasteiger partial charge >= 0.3 is 5.97 Å². The average molecular weight is 330 g/mol. The fourth-order valence-corrected chi connectivity index (χ4v) is 1.90. The number of methoxy groups -OCH3 is 1. The first-order valence-electron chi connectivity index (χ1n) is 6.04. The highest BCUT2D eigenvalue weighted by Gasteiger charge is 2.15. The lowest BCUT2D eigenvalue weighted by Crippen LogP contribution is -2.36. The van der Waals surface area contributed by atoms with Gasteiger partial charge in [0.15, 0.2) is 0 Å². The number of esters is 1. The molecule has 0 bridgehead atoms. The van der Waals surface area contributed by atoms with Crippen molar-refractivity contribution in [2.75, 3.05) is 7.11 Å². The van der Waals surface area contributed by atoms with E-state index < -0.39 is 6.04 Å². The lowest BCUT2D eigenvalue weighted by Gasteiger charge is -2.11. The van der Waals surface area contributed by atoms with Gasteiger partial charge < -0.3 is 10.1 Å². The van der Waals surface area contributed by atoms with Crippen LogP contribution in [0.2, 0.25) is 0 Å². The van der Waals surface area contributed by atoms with Gasteiger partial charge in [-0.25, -0.2) is 4.79 Å². The summed E-state index contributed by atoms with van der Waals surface area (Å²) < 4.78 is 5.61. The predicted molar refractivity (Wildman–Crippen MR) is 78.8 cm³/mol. The first kappa shape index (κ1) is 17.6. The second-order valence-electron chi connectivity index (χ2n) is 3.95. The standard InChI is InChI=1S/C7H7Br.C7H13NO3/c1-6-3-2-4-7(8)5-6;1-3-4-6(8-5-9)7(10)11-2/h2-5H,1H3;5-6H,3-4H2,1-2H3,(H,8,9)/t;6-/m.0/s1. The molecular weight excluding hydrogens is 310 g/mol. The van der Waals surface area contributed by atoms with Gasteiger partial charge in [0, 0.05) is 4.47 Å². The topological polar surface area (TPSA) is 55.4 Å². The lowest BCUT2D eigenvalue weighted by molar-refractivity contribution is -0.144. The molecular formula is C14H20BrNO3. The zero-order valence-corrected chi connectivity index (χ0v) is 13.1. The number of carbonyl (C=O) groups is 2. The minimum absolute atomic E-state index is 0.390. The van der Waals surface area contributed by atoms with Crippen molar-refractivity contribution in [1.82, 2.24) is 5.32 Å². The Hall–Kier alpha value is -1.36. The molecule has 0 saturated heterocycles. The summed E-state index contributed by atoms with van der Waals surface area (Å²) in [6.07, 6.45) is 1.96. The Labute approximate surface area is 122 Å². The van der Waals surface area contributed by atoms with E-state index in [9.17, 15) is 9.59 Å². The predicted octanol–water partition coefficient (Wildman–Crippen LogP) is 2.83. The van der Waals surface area contributed by atoms with Crippen LogP contribution >= 0.6 is 15.9 Å². The van der Waals surface area contributed by atoms with Gasteiger partial charge in [0.2, 0.25) is 6.41 Å². The number of halogens is 1. The molecule has 106 valence electrons. The van der Waals surface area contributed by atoms with Gasteiger partial charge in [-0.1, -0.05) is 47.0 Å². The monoisotopic (exact) mass is 329 g/mol. The number of hydrogen-bond donors (Lipinski definition) is 1. The van der Waals surface area contributed by atoms with Crippen molar-refractivity contribution in [2.24, 2.45) is 0 Å². The van der Waals surface area contributed by atoms with Crippen LogP contribution in [0, 0.1) is 6.92 Å². The molecule has 0 fully saturated rings. The first-order chi connectivity index (χ1) is 9.04. The van der Waals surface area contributed by atoms with Gasteiger partial charge in [0.1, 0.15) is 6.04 Å². The Kier molecular flexibility index (Phi) is 9.80. The SMILES string of the molecule is CCC[C@H](NC=O)C(=O)OC.Cc1cccc(Br)c1. The van der Waals surface area contributed by atoms with Crippen LogP contribution in [0.25, 0.3) is 0 Å². The maximum atomic E-state index is 10.8. The summed E-state index contributed by atoms with van der Waals surface area (Å²) in [6.45, 7) is 4.01. The third-order valence-electron chi connectivity index (χ3n) is 2.31. The largest absolute Gasteiger partial charge is 0.467 e. The molecule has 4 nitrogen and oxygen atoms in total. The van der Waals surface area contributed by atoms with Gasteiger partial charge in [-0.05, 0) is 25.5 Å². The zero-order chi connectivity index (χ0) is 14.7. The number of benzene rings is 1. The van der Waals surface area contributed by atoms with Crippen LogP contribution < -0.4 is 5.32 Å². The second kappa shape index (κ2) is 10.6. The van der Waals surface area contributed by atoms with E-state index in [1.165, 1.54) is 12.7 Å². The molecule has 1 N–H and O–H groups in total. The van der Waals surface area contributed by atoms with E-state index in [4.69, 9.17) is 0 Å². The van der Waals surface area contributed by atoms with E-state index in [0.717, 1.165) is 10.9 Å². The molecule has 0 aliphatic rings. The quantitative estimate of drug-likeness (QED) is 0.667. The number of carbonyl (C=O) groups excluding carboxylic acids is 2. The molecule has 0 aliphatic heterocycles. The molecule has 0 aliphatic carbocycles. The van der Waals surface area contributed by atoms with Crippen LogP contribution in [0.3, 0.4) is 0 Å². The van der Waals surface area contributed by atoms with Crippen LogP contribution in [0.5, 0.6) is 0 Å². The normalized spacial score (nSPS) is 10.7. The minimum Gasteiger partial charge on any atom is -0.467 e. The molecule has 5 heteroatoms. The van der Waals surface area contributed by atoms with Crippen LogP contribution in [0.4, 0.5) is 0 Å². The average Bonchev–Trinajstić information content (AvgIpc) is 2.38. The van der Waals surface area contributed by atoms with Crippen LogP contribution in [0.1, 0.15) is 25.3 Å². The van der Waals surface area contributed by atoms with Crippen molar-refractivity contribution in [2.45, 2.75) is 32.7 Å². The molecule has 1 aromatic carbocycles. The van der Waals surface area contributed by atoms with Gasteiger partial charge in [-0.15, -0.1) is 0 Å². The number of ether oxygens (including phenoxy) is 1. The number of hydrogen-bond acceptors (Lipinski definition) is 3. The van der Waals surface area contributed by atoms with Gasteiger partial charge in [0.05, 0.1) is 7.11 Å². The molecule has 0 spiro atoms. The van der Waals surface area contributed by atoms with Gasteiger partial charge in [0.25, 0.3) is 0 Å². The highest BCUT2D eigenvalue weighted by molar-refractivity contribution is 9.10. The zero-order valence-electron chi connectivity index (χ0n) is 11.5. The van der Waals surface area contributed by atoms with E-state index >= 15 is 0 Å². The third kappa shape index (κ3) is 8.37. The van der Waals surface area contributed by atoms with Crippen LogP contribution in [-0.4, -0.2) is 25.5 Å². The first-order valence-corrected chi connectivity index (χ1v) is 6.84. The molecule has 1 amide bonds. The maximum Gasteiger partial charge on any atom is 0.328 e. The minimum atomic E-state index is -0.484. The summed E-state index contributed by atoms with van der Waals surface area (Å²) in [5.41, 5.74) is 1.29. The molecule has 0 heterocycles. The van der Waals surface area contributed by atoms with E-state index in [1.54, 1.807) is 0 Å². The summed E-state index contributed by atoms with van der Waals surface area (Å²) in [5, 5.41) is 2.38. The third-order valence-corrected chi connectivity index (χ3v) is 2.81. The Morgan fingerprint density at radius 3 is 2.58 bits per heavy atom. The van der Waals surface area contributed by atoms with Gasteiger partial charge in [-0.3, -0.25) is 4.79 Å². The number of rotatable bonds is 5. The van der Waals surface area contributed by atoms with Crippen molar-refractivity contribution in [1.29, 1.82) is 0 Å². The molecule has 0 unspecified atom stereocenters. The fraction of sp³-hybridized carbons (Fsp3) is 0.429. The van der Waals surface area contributed by atoms with Crippen molar-refractivity contribution in [3.8, 4) is 0 Å². The molecule has 1 aromatic rings. The number of nitrogens with one attached hydrogen (secondary N) is 1. The number of aryl methyl sites for hydroxylation is 1. The summed E-state index contributed by atoms with van der Waals surface area (Å²) in [6, 6.07) is 7.72. The molecule has 1 rings (SSSR count). The number of amides is 1. The van der Waals surface area contributed by atoms with E-state index in [1.807, 2.05) is 19.1 Å². The van der Waals surface area contributed by atoms with Crippen molar-refractivity contribution in [3.05, 3.63) is 34.3 Å². The molecule has 0 aromatic heterocycles. The summed E-state index contributed by atoms with van der Waals surface area (Å²) in [5.74, 6) is -0.390. The second-order valence-corrected chi connectivity index (χ2v) is 4.86. The molecule has 0 radical (unpaired) electrons. The fourth-order valence-electron chi connectivity index (χ4n) is 1.39. The highest BCUT2D eigenvalue weighted by Crippen LogP contribution is 2.09. The van der Waals surface area contributed by atoms with Crippen molar-refractivity contribution in [3.63, 3.8) is 0 Å². The smallest absolute Gasteiger partial charge is 0.328 e. The maximum absolute atomic E-state index is 10.8.